The normalized spacial score (nSPS) is 12.8. The van der Waals surface area contributed by atoms with Gasteiger partial charge in [-0.25, -0.2) is 4.79 Å². The SMILES string of the molecule is CCN(CC(C)C(=O)O)C(=O)NCCOCC(F)(F)F. The molecule has 0 spiro atoms. The van der Waals surface area contributed by atoms with E-state index >= 15 is 0 Å². The summed E-state index contributed by atoms with van der Waals surface area (Å²) < 4.78 is 39.6. The molecule has 0 heterocycles. The summed E-state index contributed by atoms with van der Waals surface area (Å²) in [6, 6.07) is -0.531. The van der Waals surface area contributed by atoms with Crippen molar-refractivity contribution >= 4 is 12.0 Å². The molecule has 0 rings (SSSR count). The summed E-state index contributed by atoms with van der Waals surface area (Å²) in [5.41, 5.74) is 0. The molecule has 20 heavy (non-hydrogen) atoms. The predicted octanol–water partition coefficient (Wildman–Crippen LogP) is 1.32. The number of urea groups is 1. The van der Waals surface area contributed by atoms with Crippen molar-refractivity contribution in [3.63, 3.8) is 0 Å². The van der Waals surface area contributed by atoms with Gasteiger partial charge in [0.1, 0.15) is 6.61 Å². The van der Waals surface area contributed by atoms with Crippen LogP contribution in [0.4, 0.5) is 18.0 Å². The third-order valence-corrected chi connectivity index (χ3v) is 2.37. The number of alkyl halides is 3. The van der Waals surface area contributed by atoms with Gasteiger partial charge in [-0.05, 0) is 6.92 Å². The van der Waals surface area contributed by atoms with Crippen molar-refractivity contribution in [3.8, 4) is 0 Å². The van der Waals surface area contributed by atoms with Crippen LogP contribution in [0.3, 0.4) is 0 Å². The lowest BCUT2D eigenvalue weighted by molar-refractivity contribution is -0.173. The van der Waals surface area contributed by atoms with Crippen molar-refractivity contribution < 1.29 is 32.6 Å². The highest BCUT2D eigenvalue weighted by atomic mass is 19.4. The summed E-state index contributed by atoms with van der Waals surface area (Å²) in [7, 11) is 0. The van der Waals surface area contributed by atoms with E-state index in [1.54, 1.807) is 6.92 Å². The van der Waals surface area contributed by atoms with Crippen molar-refractivity contribution in [2.24, 2.45) is 5.92 Å². The number of ether oxygens (including phenoxy) is 1. The zero-order chi connectivity index (χ0) is 15.8. The Kier molecular flexibility index (Phi) is 7.97. The van der Waals surface area contributed by atoms with E-state index in [-0.39, 0.29) is 19.7 Å². The average molecular weight is 300 g/mol. The molecule has 2 amide bonds. The molecule has 0 saturated carbocycles. The number of nitrogens with one attached hydrogen (secondary N) is 1. The van der Waals surface area contributed by atoms with E-state index in [0.717, 1.165) is 0 Å². The van der Waals surface area contributed by atoms with Crippen LogP contribution in [0.15, 0.2) is 0 Å². The average Bonchev–Trinajstić information content (AvgIpc) is 2.33. The van der Waals surface area contributed by atoms with Crippen molar-refractivity contribution in [1.29, 1.82) is 0 Å². The molecule has 0 fully saturated rings. The topological polar surface area (TPSA) is 78.9 Å². The molecule has 118 valence electrons. The minimum absolute atomic E-state index is 0.0288. The van der Waals surface area contributed by atoms with Crippen LogP contribution in [0.1, 0.15) is 13.8 Å². The first-order valence-corrected chi connectivity index (χ1v) is 6.07. The third kappa shape index (κ3) is 8.57. The fourth-order valence-corrected chi connectivity index (χ4v) is 1.29. The lowest BCUT2D eigenvalue weighted by atomic mass is 10.2. The molecule has 0 aromatic carbocycles. The van der Waals surface area contributed by atoms with Crippen LogP contribution < -0.4 is 5.32 Å². The van der Waals surface area contributed by atoms with Gasteiger partial charge >= 0.3 is 18.2 Å². The van der Waals surface area contributed by atoms with Crippen LogP contribution in [0.5, 0.6) is 0 Å². The maximum absolute atomic E-state index is 11.8. The van der Waals surface area contributed by atoms with Gasteiger partial charge < -0.3 is 20.1 Å². The number of carboxylic acid groups (broad SMARTS) is 1. The van der Waals surface area contributed by atoms with Crippen molar-refractivity contribution in [2.75, 3.05) is 32.8 Å². The second kappa shape index (κ2) is 8.62. The standard InChI is InChI=1S/C11H19F3N2O4/c1-3-16(6-8(2)9(17)18)10(19)15-4-5-20-7-11(12,13)14/h8H,3-7H2,1-2H3,(H,15,19)(H,17,18). The lowest BCUT2D eigenvalue weighted by Gasteiger charge is -2.23. The molecule has 6 nitrogen and oxygen atoms in total. The van der Waals surface area contributed by atoms with Crippen molar-refractivity contribution in [3.05, 3.63) is 0 Å². The maximum atomic E-state index is 11.8. The molecule has 0 aromatic rings. The number of aliphatic carboxylic acids is 1. The molecule has 1 atom stereocenters. The number of hydrogen-bond donors (Lipinski definition) is 2. The van der Waals surface area contributed by atoms with E-state index in [9.17, 15) is 22.8 Å². The second-order valence-corrected chi connectivity index (χ2v) is 4.18. The van der Waals surface area contributed by atoms with Crippen LogP contribution in [0.2, 0.25) is 0 Å². The first-order valence-electron chi connectivity index (χ1n) is 6.07. The first-order chi connectivity index (χ1) is 9.17. The molecular formula is C11H19F3N2O4. The van der Waals surface area contributed by atoms with Crippen molar-refractivity contribution in [2.45, 2.75) is 20.0 Å². The maximum Gasteiger partial charge on any atom is 0.411 e. The monoisotopic (exact) mass is 300 g/mol. The minimum atomic E-state index is -4.39. The van der Waals surface area contributed by atoms with Gasteiger partial charge in [-0.15, -0.1) is 0 Å². The van der Waals surface area contributed by atoms with E-state index < -0.39 is 30.7 Å². The number of halogens is 3. The highest BCUT2D eigenvalue weighted by molar-refractivity contribution is 5.75. The molecule has 0 aliphatic carbocycles. The zero-order valence-electron chi connectivity index (χ0n) is 11.4. The Hall–Kier alpha value is -1.51. The summed E-state index contributed by atoms with van der Waals surface area (Å²) in [5.74, 6) is -1.74. The summed E-state index contributed by atoms with van der Waals surface area (Å²) in [5, 5.41) is 11.1. The predicted molar refractivity (Wildman–Crippen MR) is 64.3 cm³/mol. The van der Waals surface area contributed by atoms with E-state index in [1.807, 2.05) is 0 Å². The third-order valence-electron chi connectivity index (χ3n) is 2.37. The molecule has 9 heteroatoms. The molecule has 0 aliphatic heterocycles. The molecule has 0 aliphatic rings. The van der Waals surface area contributed by atoms with Crippen LogP contribution in [-0.4, -0.2) is 61.0 Å². The molecule has 0 saturated heterocycles. The Labute approximate surface area is 114 Å². The van der Waals surface area contributed by atoms with Gasteiger partial charge in [0, 0.05) is 19.6 Å². The minimum Gasteiger partial charge on any atom is -0.481 e. The van der Waals surface area contributed by atoms with Gasteiger partial charge in [0.05, 0.1) is 12.5 Å². The number of amides is 2. The number of nitrogens with zero attached hydrogens (tertiary/aromatic N) is 1. The highest BCUT2D eigenvalue weighted by Gasteiger charge is 2.27. The Morgan fingerprint density at radius 3 is 2.45 bits per heavy atom. The zero-order valence-corrected chi connectivity index (χ0v) is 11.4. The second-order valence-electron chi connectivity index (χ2n) is 4.18. The molecule has 0 aromatic heterocycles. The quantitative estimate of drug-likeness (QED) is 0.663. The first kappa shape index (κ1) is 18.5. The lowest BCUT2D eigenvalue weighted by Crippen LogP contribution is -2.44. The van der Waals surface area contributed by atoms with Crippen LogP contribution in [-0.2, 0) is 9.53 Å². The van der Waals surface area contributed by atoms with E-state index in [1.165, 1.54) is 11.8 Å². The van der Waals surface area contributed by atoms with Gasteiger partial charge in [0.15, 0.2) is 0 Å². The van der Waals surface area contributed by atoms with Crippen LogP contribution in [0, 0.1) is 5.92 Å². The molecule has 0 bridgehead atoms. The van der Waals surface area contributed by atoms with Crippen LogP contribution in [0.25, 0.3) is 0 Å². The largest absolute Gasteiger partial charge is 0.481 e. The van der Waals surface area contributed by atoms with E-state index in [4.69, 9.17) is 5.11 Å². The summed E-state index contributed by atoms with van der Waals surface area (Å²) in [4.78, 5) is 23.6. The van der Waals surface area contributed by atoms with Gasteiger partial charge in [0.25, 0.3) is 0 Å². The summed E-state index contributed by atoms with van der Waals surface area (Å²) in [6.45, 7) is 1.76. The van der Waals surface area contributed by atoms with Crippen molar-refractivity contribution in [1.82, 2.24) is 10.2 Å². The number of rotatable bonds is 8. The Morgan fingerprint density at radius 2 is 2.00 bits per heavy atom. The van der Waals surface area contributed by atoms with E-state index in [0.29, 0.717) is 6.54 Å². The number of carbonyl (C=O) groups is 2. The van der Waals surface area contributed by atoms with Gasteiger partial charge in [-0.3, -0.25) is 4.79 Å². The highest BCUT2D eigenvalue weighted by Crippen LogP contribution is 2.13. The van der Waals surface area contributed by atoms with Gasteiger partial charge in [0.2, 0.25) is 0 Å². The van der Waals surface area contributed by atoms with E-state index in [2.05, 4.69) is 10.1 Å². The fourth-order valence-electron chi connectivity index (χ4n) is 1.29. The van der Waals surface area contributed by atoms with Gasteiger partial charge in [-0.2, -0.15) is 13.2 Å². The van der Waals surface area contributed by atoms with Gasteiger partial charge in [-0.1, -0.05) is 6.92 Å². The Morgan fingerprint density at radius 1 is 1.40 bits per heavy atom. The summed E-state index contributed by atoms with van der Waals surface area (Å²) >= 11 is 0. The Balaban J connectivity index is 3.96. The van der Waals surface area contributed by atoms with Crippen LogP contribution >= 0.6 is 0 Å². The summed E-state index contributed by atoms with van der Waals surface area (Å²) in [6.07, 6.45) is -4.39. The number of carboxylic acids is 1. The fraction of sp³-hybridized carbons (Fsp3) is 0.818. The smallest absolute Gasteiger partial charge is 0.411 e. The molecule has 1 unspecified atom stereocenters. The number of hydrogen-bond acceptors (Lipinski definition) is 3. The number of carbonyl (C=O) groups excluding carboxylic acids is 1. The Bertz CT molecular complexity index is 323. The molecule has 2 N–H and O–H groups in total. The molecular weight excluding hydrogens is 281 g/mol. The molecule has 0 radical (unpaired) electrons.